The second kappa shape index (κ2) is 5.50. The van der Waals surface area contributed by atoms with E-state index >= 15 is 0 Å². The van der Waals surface area contributed by atoms with Crippen LogP contribution in [0.5, 0.6) is 23.8 Å². The van der Waals surface area contributed by atoms with Gasteiger partial charge in [0, 0.05) is 5.02 Å². The summed E-state index contributed by atoms with van der Waals surface area (Å²) in [6, 6.07) is 7.12. The minimum absolute atomic E-state index is 0.0843. The number of aromatic nitrogens is 3. The van der Waals surface area contributed by atoms with Crippen molar-refractivity contribution in [3.63, 3.8) is 0 Å². The van der Waals surface area contributed by atoms with Crippen LogP contribution in [-0.4, -0.2) is 29.2 Å². The summed E-state index contributed by atoms with van der Waals surface area (Å²) in [5, 5.41) is 0.619. The molecule has 0 aliphatic rings. The predicted molar refractivity (Wildman–Crippen MR) is 64.5 cm³/mol. The monoisotopic (exact) mass is 267 g/mol. The molecule has 0 atom stereocenters. The van der Waals surface area contributed by atoms with Crippen molar-refractivity contribution in [1.29, 1.82) is 0 Å². The minimum Gasteiger partial charge on any atom is -0.467 e. The van der Waals surface area contributed by atoms with Gasteiger partial charge in [-0.25, -0.2) is 0 Å². The Hall–Kier alpha value is -2.08. The van der Waals surface area contributed by atoms with Crippen LogP contribution in [0.4, 0.5) is 0 Å². The third kappa shape index (κ3) is 2.98. The Morgan fingerprint density at radius 1 is 0.833 bits per heavy atom. The summed E-state index contributed by atoms with van der Waals surface area (Å²) in [6.45, 7) is 0. The van der Waals surface area contributed by atoms with Crippen molar-refractivity contribution < 1.29 is 14.2 Å². The summed E-state index contributed by atoms with van der Waals surface area (Å²) in [4.78, 5) is 11.7. The van der Waals surface area contributed by atoms with Crippen molar-refractivity contribution in [2.75, 3.05) is 14.2 Å². The van der Waals surface area contributed by atoms with Gasteiger partial charge in [-0.1, -0.05) is 11.6 Å². The van der Waals surface area contributed by atoms with Gasteiger partial charge in [0.05, 0.1) is 14.2 Å². The van der Waals surface area contributed by atoms with Gasteiger partial charge in [-0.15, -0.1) is 15.0 Å². The Labute approximate surface area is 109 Å². The lowest BCUT2D eigenvalue weighted by atomic mass is 10.3. The van der Waals surface area contributed by atoms with Crippen LogP contribution in [0.15, 0.2) is 24.3 Å². The molecule has 2 aromatic rings. The number of halogens is 1. The van der Waals surface area contributed by atoms with Crippen molar-refractivity contribution >= 4 is 11.6 Å². The smallest absolute Gasteiger partial charge is 0.331 e. The summed E-state index contributed by atoms with van der Waals surface area (Å²) in [5.74, 6) is 0.551. The number of hydrogen-bond acceptors (Lipinski definition) is 6. The second-order valence-corrected chi connectivity index (χ2v) is 3.58. The van der Waals surface area contributed by atoms with Crippen LogP contribution < -0.4 is 14.2 Å². The number of nitrogens with zero attached hydrogens (tertiary/aromatic N) is 3. The topological polar surface area (TPSA) is 66.4 Å². The highest BCUT2D eigenvalue weighted by molar-refractivity contribution is 6.30. The van der Waals surface area contributed by atoms with E-state index in [0.717, 1.165) is 0 Å². The fraction of sp³-hybridized carbons (Fsp3) is 0.182. The maximum Gasteiger partial charge on any atom is 0.331 e. The average Bonchev–Trinajstić information content (AvgIpc) is 2.41. The molecule has 6 nitrogen and oxygen atoms in total. The first kappa shape index (κ1) is 12.4. The van der Waals surface area contributed by atoms with Crippen LogP contribution in [0.25, 0.3) is 0 Å². The average molecular weight is 268 g/mol. The first-order valence-electron chi connectivity index (χ1n) is 4.98. The number of rotatable bonds is 4. The maximum atomic E-state index is 5.77. The molecule has 0 fully saturated rings. The molecule has 1 aromatic heterocycles. The molecule has 0 aliphatic heterocycles. The third-order valence-electron chi connectivity index (χ3n) is 1.96. The summed E-state index contributed by atoms with van der Waals surface area (Å²) in [6.07, 6.45) is 0. The van der Waals surface area contributed by atoms with Gasteiger partial charge in [-0.3, -0.25) is 0 Å². The molecule has 0 N–H and O–H groups in total. The van der Waals surface area contributed by atoms with Crippen LogP contribution in [0.3, 0.4) is 0 Å². The van der Waals surface area contributed by atoms with Crippen molar-refractivity contribution in [3.8, 4) is 23.8 Å². The minimum atomic E-state index is 0.0843. The molecular weight excluding hydrogens is 258 g/mol. The van der Waals surface area contributed by atoms with Gasteiger partial charge in [-0.2, -0.15) is 0 Å². The molecule has 0 spiro atoms. The number of methoxy groups -OCH3 is 2. The molecule has 1 aromatic carbocycles. The highest BCUT2D eigenvalue weighted by Gasteiger charge is 2.08. The third-order valence-corrected chi connectivity index (χ3v) is 2.21. The van der Waals surface area contributed by atoms with E-state index in [-0.39, 0.29) is 18.0 Å². The lowest BCUT2D eigenvalue weighted by Crippen LogP contribution is -2.01. The van der Waals surface area contributed by atoms with Gasteiger partial charge < -0.3 is 14.2 Å². The van der Waals surface area contributed by atoms with Crippen molar-refractivity contribution in [2.45, 2.75) is 0 Å². The van der Waals surface area contributed by atoms with Gasteiger partial charge in [0.2, 0.25) is 0 Å². The van der Waals surface area contributed by atoms with E-state index in [1.54, 1.807) is 24.3 Å². The number of ether oxygens (including phenoxy) is 3. The molecule has 1 heterocycles. The largest absolute Gasteiger partial charge is 0.467 e. The first-order chi connectivity index (χ1) is 8.71. The van der Waals surface area contributed by atoms with E-state index in [0.29, 0.717) is 10.8 Å². The molecule has 0 radical (unpaired) electrons. The fourth-order valence-electron chi connectivity index (χ4n) is 1.16. The summed E-state index contributed by atoms with van der Waals surface area (Å²) in [7, 11) is 2.89. The number of hydrogen-bond donors (Lipinski definition) is 0. The molecule has 7 heteroatoms. The van der Waals surface area contributed by atoms with Crippen LogP contribution >= 0.6 is 11.6 Å². The Kier molecular flexibility index (Phi) is 3.78. The van der Waals surface area contributed by atoms with Crippen molar-refractivity contribution in [2.24, 2.45) is 0 Å². The summed E-state index contributed by atoms with van der Waals surface area (Å²) < 4.78 is 15.3. The predicted octanol–water partition coefficient (Wildman–Crippen LogP) is 2.33. The van der Waals surface area contributed by atoms with E-state index < -0.39 is 0 Å². The normalized spacial score (nSPS) is 9.94. The Morgan fingerprint density at radius 2 is 1.33 bits per heavy atom. The van der Waals surface area contributed by atoms with E-state index in [4.69, 9.17) is 25.8 Å². The van der Waals surface area contributed by atoms with Gasteiger partial charge in [0.1, 0.15) is 5.75 Å². The van der Waals surface area contributed by atoms with Crippen LogP contribution in [-0.2, 0) is 0 Å². The lowest BCUT2D eigenvalue weighted by Gasteiger charge is -2.06. The SMILES string of the molecule is COc1nc(OC)nc(Oc2ccc(Cl)cc2)n1. The summed E-state index contributed by atoms with van der Waals surface area (Å²) >= 11 is 5.77. The molecular formula is C11H10ClN3O3. The zero-order valence-electron chi connectivity index (χ0n) is 9.75. The molecule has 0 saturated carbocycles. The molecule has 2 rings (SSSR count). The molecule has 0 unspecified atom stereocenters. The highest BCUT2D eigenvalue weighted by Crippen LogP contribution is 2.22. The van der Waals surface area contributed by atoms with Crippen molar-refractivity contribution in [3.05, 3.63) is 29.3 Å². The zero-order valence-corrected chi connectivity index (χ0v) is 10.5. The van der Waals surface area contributed by atoms with Crippen LogP contribution in [0.1, 0.15) is 0 Å². The molecule has 0 aliphatic carbocycles. The Morgan fingerprint density at radius 3 is 1.83 bits per heavy atom. The zero-order chi connectivity index (χ0) is 13.0. The molecule has 0 bridgehead atoms. The van der Waals surface area contributed by atoms with E-state index in [1.807, 2.05) is 0 Å². The fourth-order valence-corrected chi connectivity index (χ4v) is 1.28. The maximum absolute atomic E-state index is 5.77. The molecule has 0 amide bonds. The molecule has 0 saturated heterocycles. The Bertz CT molecular complexity index is 511. The highest BCUT2D eigenvalue weighted by atomic mass is 35.5. The van der Waals surface area contributed by atoms with Gasteiger partial charge in [-0.05, 0) is 24.3 Å². The van der Waals surface area contributed by atoms with Crippen LogP contribution in [0.2, 0.25) is 5.02 Å². The van der Waals surface area contributed by atoms with Crippen molar-refractivity contribution in [1.82, 2.24) is 15.0 Å². The van der Waals surface area contributed by atoms with E-state index in [2.05, 4.69) is 15.0 Å². The van der Waals surface area contributed by atoms with E-state index in [9.17, 15) is 0 Å². The van der Waals surface area contributed by atoms with E-state index in [1.165, 1.54) is 14.2 Å². The quantitative estimate of drug-likeness (QED) is 0.847. The van der Waals surface area contributed by atoms with Crippen LogP contribution in [0, 0.1) is 0 Å². The number of benzene rings is 1. The lowest BCUT2D eigenvalue weighted by molar-refractivity contribution is 0.320. The van der Waals surface area contributed by atoms with Gasteiger partial charge in [0.25, 0.3) is 0 Å². The van der Waals surface area contributed by atoms with Gasteiger partial charge in [0.15, 0.2) is 0 Å². The molecule has 94 valence electrons. The molecule has 18 heavy (non-hydrogen) atoms. The summed E-state index contributed by atoms with van der Waals surface area (Å²) in [5.41, 5.74) is 0. The Balaban J connectivity index is 2.25. The van der Waals surface area contributed by atoms with Gasteiger partial charge >= 0.3 is 18.0 Å². The standard InChI is InChI=1S/C11H10ClN3O3/c1-16-9-13-10(17-2)15-11(14-9)18-8-5-3-7(12)4-6-8/h3-6H,1-2H3. The second-order valence-electron chi connectivity index (χ2n) is 3.15. The first-order valence-corrected chi connectivity index (χ1v) is 5.36.